The number of aliphatic hydroxyl groups excluding tert-OH is 1. The van der Waals surface area contributed by atoms with Crippen LogP contribution in [0, 0.1) is 5.41 Å². The molecule has 3 saturated heterocycles. The second-order valence-corrected chi connectivity index (χ2v) is 11.7. The molecule has 1 aromatic rings. The second-order valence-electron chi connectivity index (χ2n) is 11.7. The number of ether oxygens (including phenoxy) is 4. The van der Waals surface area contributed by atoms with Gasteiger partial charge in [0.05, 0.1) is 37.3 Å². The van der Waals surface area contributed by atoms with Crippen molar-refractivity contribution in [2.75, 3.05) is 11.9 Å². The van der Waals surface area contributed by atoms with Crippen molar-refractivity contribution in [2.24, 2.45) is 5.41 Å². The van der Waals surface area contributed by atoms with Gasteiger partial charge in [0.25, 0.3) is 0 Å². The summed E-state index contributed by atoms with van der Waals surface area (Å²) in [7, 11) is 0. The summed E-state index contributed by atoms with van der Waals surface area (Å²) in [6.07, 6.45) is 3.47. The van der Waals surface area contributed by atoms with E-state index in [-0.39, 0.29) is 42.1 Å². The first kappa shape index (κ1) is 29.3. The van der Waals surface area contributed by atoms with Gasteiger partial charge < -0.3 is 34.5 Å². The number of esters is 2. The van der Waals surface area contributed by atoms with Crippen LogP contribution in [0.3, 0.4) is 0 Å². The van der Waals surface area contributed by atoms with E-state index in [0.717, 1.165) is 37.7 Å². The fourth-order valence-electron chi connectivity index (χ4n) is 5.88. The average molecular weight is 548 g/mol. The molecular weight excluding hydrogens is 506 g/mol. The quantitative estimate of drug-likeness (QED) is 0.264. The van der Waals surface area contributed by atoms with Gasteiger partial charge in [0.2, 0.25) is 5.91 Å². The van der Waals surface area contributed by atoms with Gasteiger partial charge >= 0.3 is 11.9 Å². The lowest BCUT2D eigenvalue weighted by molar-refractivity contribution is -0.373. The maximum Gasteiger partial charge on any atom is 0.309 e. The number of amides is 1. The van der Waals surface area contributed by atoms with Gasteiger partial charge in [-0.2, -0.15) is 0 Å². The number of unbranched alkanes of at least 4 members (excludes halogenated alkanes) is 1. The van der Waals surface area contributed by atoms with Gasteiger partial charge in [-0.1, -0.05) is 26.3 Å². The summed E-state index contributed by atoms with van der Waals surface area (Å²) < 4.78 is 24.4. The Balaban J connectivity index is 1.43. The second kappa shape index (κ2) is 12.2. The number of phenols is 1. The third-order valence-electron chi connectivity index (χ3n) is 8.06. The van der Waals surface area contributed by atoms with Gasteiger partial charge in [-0.15, -0.1) is 0 Å². The van der Waals surface area contributed by atoms with Crippen LogP contribution < -0.4 is 5.32 Å². The lowest BCUT2D eigenvalue weighted by Crippen LogP contribution is -2.61. The highest BCUT2D eigenvalue weighted by Gasteiger charge is 2.57. The topological polar surface area (TPSA) is 141 Å². The van der Waals surface area contributed by atoms with E-state index in [1.807, 2.05) is 6.07 Å². The Kier molecular flexibility index (Phi) is 9.18. The molecule has 4 rings (SSSR count). The summed E-state index contributed by atoms with van der Waals surface area (Å²) >= 11 is 0. The minimum absolute atomic E-state index is 0.0373. The Hall–Kier alpha value is -2.69. The van der Waals surface area contributed by atoms with Gasteiger partial charge in [0.15, 0.2) is 5.79 Å². The molecule has 0 aromatic heterocycles. The first-order valence-corrected chi connectivity index (χ1v) is 13.9. The van der Waals surface area contributed by atoms with Crippen molar-refractivity contribution in [1.29, 1.82) is 0 Å². The minimum Gasteiger partial charge on any atom is -0.506 e. The zero-order valence-corrected chi connectivity index (χ0v) is 23.1. The van der Waals surface area contributed by atoms with Crippen molar-refractivity contribution in [2.45, 2.75) is 115 Å². The number of fused-ring (bicyclic) bond motifs is 2. The number of carbonyl (C=O) groups excluding carboxylic acids is 3. The highest BCUT2D eigenvalue weighted by atomic mass is 16.7. The number of hydrogen-bond acceptors (Lipinski definition) is 9. The van der Waals surface area contributed by atoms with Crippen LogP contribution in [0.2, 0.25) is 0 Å². The first-order chi connectivity index (χ1) is 18.5. The maximum absolute atomic E-state index is 12.7. The van der Waals surface area contributed by atoms with Crippen molar-refractivity contribution >= 4 is 23.5 Å². The van der Waals surface area contributed by atoms with Crippen LogP contribution >= 0.6 is 0 Å². The Morgan fingerprint density at radius 3 is 2.54 bits per heavy atom. The molecule has 10 nitrogen and oxygen atoms in total. The number of benzene rings is 1. The van der Waals surface area contributed by atoms with E-state index in [1.165, 1.54) is 6.92 Å². The zero-order chi connectivity index (χ0) is 28.2. The van der Waals surface area contributed by atoms with Crippen LogP contribution in [0.4, 0.5) is 5.69 Å². The third kappa shape index (κ3) is 7.29. The molecule has 10 heteroatoms. The summed E-state index contributed by atoms with van der Waals surface area (Å²) in [4.78, 5) is 36.5. The molecule has 0 unspecified atom stereocenters. The van der Waals surface area contributed by atoms with Gasteiger partial charge in [0.1, 0.15) is 18.0 Å². The standard InChI is InChI=1S/C29H41NO9/c1-18(32)30-24-9-8-19(12-25(24)33)6-4-5-7-20-13-22-16-29(38-20)28(2,3)11-10-21(39-29)14-26(34)37-23(17-31)15-27(35)36-22/h8-9,12,20-23,31,33H,4-7,10-11,13-17H2,1-3H3,(H,30,32)/t20-,21-,22-,23-,29+/m1/s1. The number of phenolic OH excluding ortho intramolecular Hbond substituents is 1. The molecule has 3 fully saturated rings. The Morgan fingerprint density at radius 2 is 1.82 bits per heavy atom. The molecule has 1 aromatic carbocycles. The molecule has 1 spiro atoms. The Morgan fingerprint density at radius 1 is 1.05 bits per heavy atom. The van der Waals surface area contributed by atoms with Crippen LogP contribution in [0.15, 0.2) is 18.2 Å². The molecule has 39 heavy (non-hydrogen) atoms. The largest absolute Gasteiger partial charge is 0.506 e. The minimum atomic E-state index is -0.995. The Bertz CT molecular complexity index is 1050. The normalized spacial score (nSPS) is 30.8. The van der Waals surface area contributed by atoms with Crippen molar-refractivity contribution in [1.82, 2.24) is 0 Å². The molecule has 3 N–H and O–H groups in total. The number of cyclic esters (lactones) is 1. The van der Waals surface area contributed by atoms with Crippen LogP contribution in [0.1, 0.15) is 84.1 Å². The number of aliphatic hydroxyl groups is 1. The van der Waals surface area contributed by atoms with Crippen LogP contribution in [0.25, 0.3) is 0 Å². The maximum atomic E-state index is 12.7. The molecule has 3 heterocycles. The number of anilines is 1. The fraction of sp³-hybridized carbons (Fsp3) is 0.690. The highest BCUT2D eigenvalue weighted by Crippen LogP contribution is 2.52. The molecule has 216 valence electrons. The van der Waals surface area contributed by atoms with Crippen LogP contribution in [-0.4, -0.2) is 64.9 Å². The fourth-order valence-corrected chi connectivity index (χ4v) is 5.88. The summed E-state index contributed by atoms with van der Waals surface area (Å²) in [5.74, 6) is -2.23. The molecule has 3 aliphatic rings. The number of hydrogen-bond donors (Lipinski definition) is 3. The lowest BCUT2D eigenvalue weighted by Gasteiger charge is -2.56. The SMILES string of the molecule is CC(=O)Nc1ccc(CCCC[C@@H]2C[C@@H]3C[C@@]4(O[C@H](CCC4(C)C)CC(=O)O[C@@H](CO)CC(=O)O3)O2)cc1O. The van der Waals surface area contributed by atoms with Gasteiger partial charge in [-0.25, -0.2) is 0 Å². The van der Waals surface area contributed by atoms with Crippen molar-refractivity contribution < 1.29 is 43.5 Å². The molecule has 5 atom stereocenters. The van der Waals surface area contributed by atoms with Crippen LogP contribution in [-0.2, 0) is 39.8 Å². The number of carbonyl (C=O) groups is 3. The number of aromatic hydroxyl groups is 1. The molecule has 1 amide bonds. The van der Waals surface area contributed by atoms with E-state index in [4.69, 9.17) is 18.9 Å². The summed E-state index contributed by atoms with van der Waals surface area (Å²) in [5.41, 5.74) is 0.995. The lowest BCUT2D eigenvalue weighted by atomic mass is 9.71. The summed E-state index contributed by atoms with van der Waals surface area (Å²) in [5, 5.41) is 22.4. The predicted molar refractivity (Wildman–Crippen MR) is 141 cm³/mol. The third-order valence-corrected chi connectivity index (χ3v) is 8.06. The van der Waals surface area contributed by atoms with E-state index in [9.17, 15) is 24.6 Å². The van der Waals surface area contributed by atoms with Crippen molar-refractivity contribution in [3.8, 4) is 5.75 Å². The van der Waals surface area contributed by atoms with E-state index in [1.54, 1.807) is 12.1 Å². The smallest absolute Gasteiger partial charge is 0.309 e. The van der Waals surface area contributed by atoms with Crippen molar-refractivity contribution in [3.63, 3.8) is 0 Å². The summed E-state index contributed by atoms with van der Waals surface area (Å²) in [6, 6.07) is 5.25. The van der Waals surface area contributed by atoms with Crippen molar-refractivity contribution in [3.05, 3.63) is 23.8 Å². The molecule has 0 radical (unpaired) electrons. The number of rotatable bonds is 7. The van der Waals surface area contributed by atoms with E-state index >= 15 is 0 Å². The van der Waals surface area contributed by atoms with E-state index < -0.39 is 36.5 Å². The number of aryl methyl sites for hydroxylation is 1. The van der Waals surface area contributed by atoms with E-state index in [0.29, 0.717) is 24.9 Å². The molecule has 0 aliphatic carbocycles. The highest BCUT2D eigenvalue weighted by molar-refractivity contribution is 5.90. The van der Waals surface area contributed by atoms with Crippen LogP contribution in [0.5, 0.6) is 5.75 Å². The number of nitrogens with one attached hydrogen (secondary N) is 1. The Labute approximate surface area is 229 Å². The van der Waals surface area contributed by atoms with E-state index in [2.05, 4.69) is 19.2 Å². The van der Waals surface area contributed by atoms with Gasteiger partial charge in [-0.05, 0) is 49.8 Å². The first-order valence-electron chi connectivity index (χ1n) is 13.9. The average Bonchev–Trinajstić information content (AvgIpc) is 2.84. The molecule has 3 bridgehead atoms. The van der Waals surface area contributed by atoms with Gasteiger partial charge in [-0.3, -0.25) is 14.4 Å². The zero-order valence-electron chi connectivity index (χ0n) is 23.1. The molecule has 0 saturated carbocycles. The van der Waals surface area contributed by atoms with Gasteiger partial charge in [0, 0.05) is 25.2 Å². The molecule has 3 aliphatic heterocycles. The monoisotopic (exact) mass is 547 g/mol. The molecular formula is C29H41NO9. The summed E-state index contributed by atoms with van der Waals surface area (Å²) in [6.45, 7) is 5.12. The predicted octanol–water partition coefficient (Wildman–Crippen LogP) is 3.75.